The van der Waals surface area contributed by atoms with Crippen molar-refractivity contribution in [3.63, 3.8) is 0 Å². The number of rotatable bonds is 5. The predicted octanol–water partition coefficient (Wildman–Crippen LogP) is 2.86. The van der Waals surface area contributed by atoms with Crippen molar-refractivity contribution in [2.24, 2.45) is 0 Å². The highest BCUT2D eigenvalue weighted by atomic mass is 19.4. The summed E-state index contributed by atoms with van der Waals surface area (Å²) in [5, 5.41) is 2.88. The lowest BCUT2D eigenvalue weighted by atomic mass is 10.0. The summed E-state index contributed by atoms with van der Waals surface area (Å²) in [7, 11) is 0. The first-order valence-corrected chi connectivity index (χ1v) is 8.32. The van der Waals surface area contributed by atoms with E-state index in [0.717, 1.165) is 0 Å². The maximum Gasteiger partial charge on any atom is 0.573 e. The molecule has 1 aliphatic rings. The monoisotopic (exact) mass is 374 g/mol. The van der Waals surface area contributed by atoms with E-state index in [2.05, 4.69) is 10.1 Å². The van der Waals surface area contributed by atoms with E-state index < -0.39 is 6.36 Å². The van der Waals surface area contributed by atoms with Crippen molar-refractivity contribution in [3.8, 4) is 5.75 Å². The number of ether oxygens (including phenoxy) is 2. The quantitative estimate of drug-likeness (QED) is 0.861. The number of carbonyl (C=O) groups is 2. The Kier molecular flexibility index (Phi) is 6.70. The summed E-state index contributed by atoms with van der Waals surface area (Å²) in [4.78, 5) is 25.3. The van der Waals surface area contributed by atoms with Crippen molar-refractivity contribution in [1.29, 1.82) is 0 Å². The van der Waals surface area contributed by atoms with Crippen molar-refractivity contribution < 1.29 is 32.2 Å². The fourth-order valence-electron chi connectivity index (χ4n) is 2.69. The van der Waals surface area contributed by atoms with E-state index in [9.17, 15) is 22.8 Å². The maximum atomic E-state index is 12.1. The van der Waals surface area contributed by atoms with Gasteiger partial charge in [0, 0.05) is 19.1 Å². The molecule has 0 aromatic heterocycles. The number of likely N-dealkylation sites (tertiary alicyclic amines) is 1. The molecule has 1 aromatic carbocycles. The topological polar surface area (TPSA) is 67.9 Å². The Bertz CT molecular complexity index is 611. The van der Waals surface area contributed by atoms with Gasteiger partial charge in [0.2, 0.25) is 5.91 Å². The normalized spacial score (nSPS) is 15.5. The fourth-order valence-corrected chi connectivity index (χ4v) is 2.69. The second kappa shape index (κ2) is 8.77. The first-order valence-electron chi connectivity index (χ1n) is 8.32. The van der Waals surface area contributed by atoms with Crippen LogP contribution in [0, 0.1) is 0 Å². The van der Waals surface area contributed by atoms with Gasteiger partial charge in [0.1, 0.15) is 5.75 Å². The number of hydrogen-bond donors (Lipinski definition) is 1. The minimum atomic E-state index is -4.74. The minimum Gasteiger partial charge on any atom is -0.450 e. The van der Waals surface area contributed by atoms with Crippen LogP contribution in [0.2, 0.25) is 0 Å². The van der Waals surface area contributed by atoms with Gasteiger partial charge in [-0.25, -0.2) is 4.79 Å². The molecule has 6 nitrogen and oxygen atoms in total. The Morgan fingerprint density at radius 1 is 1.19 bits per heavy atom. The summed E-state index contributed by atoms with van der Waals surface area (Å²) >= 11 is 0. The molecule has 1 saturated heterocycles. The lowest BCUT2D eigenvalue weighted by Crippen LogP contribution is -2.47. The van der Waals surface area contributed by atoms with Gasteiger partial charge in [-0.2, -0.15) is 0 Å². The summed E-state index contributed by atoms with van der Waals surface area (Å²) in [6, 6.07) is 5.15. The van der Waals surface area contributed by atoms with E-state index in [0.29, 0.717) is 38.1 Å². The SMILES string of the molecule is CCOC(=O)N1CCC(NC(=O)Cc2ccc(OC(F)(F)F)cc2)CC1. The minimum absolute atomic E-state index is 0.0407. The molecule has 0 aliphatic carbocycles. The number of amides is 2. The first-order chi connectivity index (χ1) is 12.3. The van der Waals surface area contributed by atoms with Gasteiger partial charge in [-0.05, 0) is 37.5 Å². The standard InChI is InChI=1S/C17H21F3N2O4/c1-2-25-16(24)22-9-7-13(8-10-22)21-15(23)11-12-3-5-14(6-4-12)26-17(18,19)20/h3-6,13H,2,7-11H2,1H3,(H,21,23). The molecule has 2 amide bonds. The number of carbonyl (C=O) groups excluding carboxylic acids is 2. The molecule has 0 radical (unpaired) electrons. The van der Waals surface area contributed by atoms with Gasteiger partial charge in [-0.1, -0.05) is 12.1 Å². The van der Waals surface area contributed by atoms with Crippen molar-refractivity contribution in [2.75, 3.05) is 19.7 Å². The number of piperidine rings is 1. The van der Waals surface area contributed by atoms with Crippen LogP contribution in [0.25, 0.3) is 0 Å². The largest absolute Gasteiger partial charge is 0.573 e. The molecule has 0 atom stereocenters. The van der Waals surface area contributed by atoms with Gasteiger partial charge in [-0.3, -0.25) is 4.79 Å². The Hall–Kier alpha value is -2.45. The van der Waals surface area contributed by atoms with Crippen LogP contribution >= 0.6 is 0 Å². The van der Waals surface area contributed by atoms with Gasteiger partial charge >= 0.3 is 12.5 Å². The summed E-state index contributed by atoms with van der Waals surface area (Å²) in [5.41, 5.74) is 0.584. The van der Waals surface area contributed by atoms with Crippen LogP contribution in [0.1, 0.15) is 25.3 Å². The van der Waals surface area contributed by atoms with Crippen LogP contribution in [0.4, 0.5) is 18.0 Å². The molecule has 1 aromatic rings. The number of benzene rings is 1. The molecule has 26 heavy (non-hydrogen) atoms. The van der Waals surface area contributed by atoms with Gasteiger partial charge in [0.25, 0.3) is 0 Å². The summed E-state index contributed by atoms with van der Waals surface area (Å²) < 4.78 is 45.1. The van der Waals surface area contributed by atoms with E-state index in [-0.39, 0.29) is 30.2 Å². The molecular formula is C17H21F3N2O4. The molecule has 1 aliphatic heterocycles. The van der Waals surface area contributed by atoms with E-state index in [1.807, 2.05) is 0 Å². The number of nitrogens with one attached hydrogen (secondary N) is 1. The Balaban J connectivity index is 1.76. The number of hydrogen-bond acceptors (Lipinski definition) is 4. The molecule has 0 saturated carbocycles. The Labute approximate surface area is 149 Å². The Morgan fingerprint density at radius 3 is 2.35 bits per heavy atom. The third-order valence-electron chi connectivity index (χ3n) is 3.91. The van der Waals surface area contributed by atoms with E-state index in [1.165, 1.54) is 24.3 Å². The van der Waals surface area contributed by atoms with Crippen LogP contribution in [0.5, 0.6) is 5.75 Å². The lowest BCUT2D eigenvalue weighted by Gasteiger charge is -2.31. The van der Waals surface area contributed by atoms with E-state index in [1.54, 1.807) is 11.8 Å². The van der Waals surface area contributed by atoms with Gasteiger partial charge in [0.15, 0.2) is 0 Å². The molecule has 1 fully saturated rings. The average Bonchev–Trinajstić information content (AvgIpc) is 2.56. The highest BCUT2D eigenvalue weighted by Gasteiger charge is 2.31. The van der Waals surface area contributed by atoms with Crippen molar-refractivity contribution in [3.05, 3.63) is 29.8 Å². The molecule has 1 heterocycles. The highest BCUT2D eigenvalue weighted by molar-refractivity contribution is 5.79. The van der Waals surface area contributed by atoms with Crippen LogP contribution < -0.4 is 10.1 Å². The second-order valence-electron chi connectivity index (χ2n) is 5.90. The van der Waals surface area contributed by atoms with Crippen molar-refractivity contribution >= 4 is 12.0 Å². The third kappa shape index (κ3) is 6.45. The third-order valence-corrected chi connectivity index (χ3v) is 3.91. The highest BCUT2D eigenvalue weighted by Crippen LogP contribution is 2.22. The second-order valence-corrected chi connectivity index (χ2v) is 5.90. The Morgan fingerprint density at radius 2 is 1.81 bits per heavy atom. The van der Waals surface area contributed by atoms with Crippen LogP contribution in [0.15, 0.2) is 24.3 Å². The summed E-state index contributed by atoms with van der Waals surface area (Å²) in [5.74, 6) is -0.544. The molecule has 0 spiro atoms. The fraction of sp³-hybridized carbons (Fsp3) is 0.529. The van der Waals surface area contributed by atoms with E-state index in [4.69, 9.17) is 4.74 Å². The molecule has 0 unspecified atom stereocenters. The van der Waals surface area contributed by atoms with Gasteiger partial charge < -0.3 is 19.7 Å². The zero-order valence-electron chi connectivity index (χ0n) is 14.3. The summed E-state index contributed by atoms with van der Waals surface area (Å²) in [6.45, 7) is 3.08. The number of alkyl halides is 3. The first kappa shape index (κ1) is 19.9. The van der Waals surface area contributed by atoms with Crippen molar-refractivity contribution in [2.45, 2.75) is 38.6 Å². The molecule has 1 N–H and O–H groups in total. The number of halogens is 3. The number of nitrogens with zero attached hydrogens (tertiary/aromatic N) is 1. The zero-order chi connectivity index (χ0) is 19.2. The zero-order valence-corrected chi connectivity index (χ0v) is 14.3. The van der Waals surface area contributed by atoms with Crippen LogP contribution in [0.3, 0.4) is 0 Å². The summed E-state index contributed by atoms with van der Waals surface area (Å²) in [6.07, 6.45) is -3.77. The smallest absolute Gasteiger partial charge is 0.450 e. The van der Waals surface area contributed by atoms with E-state index >= 15 is 0 Å². The predicted molar refractivity (Wildman–Crippen MR) is 86.6 cm³/mol. The average molecular weight is 374 g/mol. The molecule has 2 rings (SSSR count). The molecular weight excluding hydrogens is 353 g/mol. The van der Waals surface area contributed by atoms with Gasteiger partial charge in [0.05, 0.1) is 13.0 Å². The lowest BCUT2D eigenvalue weighted by molar-refractivity contribution is -0.274. The van der Waals surface area contributed by atoms with Crippen LogP contribution in [-0.2, 0) is 16.0 Å². The molecule has 144 valence electrons. The molecule has 0 bridgehead atoms. The molecule has 9 heteroatoms. The van der Waals surface area contributed by atoms with Crippen molar-refractivity contribution in [1.82, 2.24) is 10.2 Å². The van der Waals surface area contributed by atoms with Crippen LogP contribution in [-0.4, -0.2) is 49.0 Å². The maximum absolute atomic E-state index is 12.1. The van der Waals surface area contributed by atoms with Gasteiger partial charge in [-0.15, -0.1) is 13.2 Å².